The molecule has 6 heteroatoms. The van der Waals surface area contributed by atoms with Gasteiger partial charge in [-0.2, -0.15) is 0 Å². The molecule has 0 saturated carbocycles. The minimum absolute atomic E-state index is 0.0342. The first-order valence-corrected chi connectivity index (χ1v) is 9.14. The summed E-state index contributed by atoms with van der Waals surface area (Å²) in [7, 11) is 1.61. The Kier molecular flexibility index (Phi) is 5.96. The first-order valence-electron chi connectivity index (χ1n) is 8.35. The fraction of sp³-hybridized carbons (Fsp3) is 0.250. The van der Waals surface area contributed by atoms with Gasteiger partial charge in [0.05, 0.1) is 19.2 Å². The Morgan fingerprint density at radius 3 is 2.81 bits per heavy atom. The van der Waals surface area contributed by atoms with Crippen LogP contribution in [0.5, 0.6) is 11.5 Å². The topological polar surface area (TPSA) is 63.6 Å². The molecule has 136 valence electrons. The van der Waals surface area contributed by atoms with Gasteiger partial charge in [0.25, 0.3) is 0 Å². The molecule has 0 saturated heterocycles. The third kappa shape index (κ3) is 3.92. The largest absolute Gasteiger partial charge is 0.493 e. The van der Waals surface area contributed by atoms with Crippen LogP contribution in [-0.2, 0) is 0 Å². The molecule has 2 N–H and O–H groups in total. The lowest BCUT2D eigenvalue weighted by Gasteiger charge is -2.19. The molecule has 0 aliphatic rings. The first kappa shape index (κ1) is 18.5. The van der Waals surface area contributed by atoms with Crippen LogP contribution >= 0.6 is 15.9 Å². The summed E-state index contributed by atoms with van der Waals surface area (Å²) in [4.78, 5) is 4.45. The van der Waals surface area contributed by atoms with Crippen LogP contribution in [0.25, 0.3) is 10.9 Å². The number of pyridine rings is 1. The van der Waals surface area contributed by atoms with Crippen molar-refractivity contribution >= 4 is 32.5 Å². The Hall–Kier alpha value is -2.31. The smallest absolute Gasteiger partial charge is 0.161 e. The van der Waals surface area contributed by atoms with E-state index in [1.54, 1.807) is 13.3 Å². The van der Waals surface area contributed by atoms with Crippen LogP contribution in [0.3, 0.4) is 0 Å². The number of ether oxygens (including phenoxy) is 2. The van der Waals surface area contributed by atoms with E-state index in [0.29, 0.717) is 11.5 Å². The second kappa shape index (κ2) is 8.38. The molecule has 3 rings (SSSR count). The number of nitrogens with zero attached hydrogens (tertiary/aromatic N) is 1. The van der Waals surface area contributed by atoms with E-state index in [2.05, 4.69) is 39.2 Å². The predicted octanol–water partition coefficient (Wildman–Crippen LogP) is 4.55. The van der Waals surface area contributed by atoms with Crippen LogP contribution in [0.4, 0.5) is 5.69 Å². The number of para-hydroxylation sites is 1. The van der Waals surface area contributed by atoms with Crippen molar-refractivity contribution in [1.82, 2.24) is 4.98 Å². The quantitative estimate of drug-likeness (QED) is 0.591. The third-order valence-corrected chi connectivity index (χ3v) is 4.77. The molecular formula is C20H21BrN2O3. The number of benzene rings is 2. The summed E-state index contributed by atoms with van der Waals surface area (Å²) in [6.07, 6.45) is 1.80. The van der Waals surface area contributed by atoms with Gasteiger partial charge in [-0.15, -0.1) is 0 Å². The number of anilines is 1. The fourth-order valence-corrected chi connectivity index (χ4v) is 3.28. The van der Waals surface area contributed by atoms with E-state index >= 15 is 0 Å². The molecule has 0 fully saturated rings. The van der Waals surface area contributed by atoms with E-state index in [0.717, 1.165) is 26.6 Å². The van der Waals surface area contributed by atoms with E-state index in [1.165, 1.54) is 0 Å². The number of hydrogen-bond donors (Lipinski definition) is 2. The van der Waals surface area contributed by atoms with Crippen molar-refractivity contribution in [3.05, 3.63) is 58.7 Å². The SMILES string of the molecule is COc1cc(C(C)Nc2ccnc3c(Br)cccc23)ccc1OCCO. The monoisotopic (exact) mass is 416 g/mol. The molecule has 1 unspecified atom stereocenters. The van der Waals surface area contributed by atoms with Crippen molar-refractivity contribution in [2.75, 3.05) is 25.6 Å². The standard InChI is InChI=1S/C20H21BrN2O3/c1-13(14-6-7-18(26-11-10-24)19(12-14)25-2)23-17-8-9-22-20-15(17)4-3-5-16(20)21/h3-9,12-13,24H,10-11H2,1-2H3,(H,22,23). The second-order valence-electron chi connectivity index (χ2n) is 5.84. The number of fused-ring (bicyclic) bond motifs is 1. The van der Waals surface area contributed by atoms with Crippen LogP contribution in [-0.4, -0.2) is 30.4 Å². The van der Waals surface area contributed by atoms with Gasteiger partial charge in [0.2, 0.25) is 0 Å². The molecule has 1 atom stereocenters. The zero-order valence-electron chi connectivity index (χ0n) is 14.7. The number of hydrogen-bond acceptors (Lipinski definition) is 5. The van der Waals surface area contributed by atoms with Crippen molar-refractivity contribution in [3.63, 3.8) is 0 Å². The lowest BCUT2D eigenvalue weighted by Crippen LogP contribution is -2.08. The van der Waals surface area contributed by atoms with Gasteiger partial charge in [-0.05, 0) is 52.7 Å². The van der Waals surface area contributed by atoms with E-state index < -0.39 is 0 Å². The van der Waals surface area contributed by atoms with Crippen LogP contribution in [0.15, 0.2) is 53.1 Å². The minimum atomic E-state index is -0.0342. The van der Waals surface area contributed by atoms with Crippen LogP contribution < -0.4 is 14.8 Å². The van der Waals surface area contributed by atoms with E-state index in [4.69, 9.17) is 14.6 Å². The molecule has 0 radical (unpaired) electrons. The van der Waals surface area contributed by atoms with Gasteiger partial charge in [-0.3, -0.25) is 4.98 Å². The first-order chi connectivity index (χ1) is 12.6. The van der Waals surface area contributed by atoms with Gasteiger partial charge in [-0.1, -0.05) is 18.2 Å². The Balaban J connectivity index is 1.86. The average Bonchev–Trinajstić information content (AvgIpc) is 2.67. The van der Waals surface area contributed by atoms with E-state index in [9.17, 15) is 0 Å². The highest BCUT2D eigenvalue weighted by atomic mass is 79.9. The molecular weight excluding hydrogens is 396 g/mol. The average molecular weight is 417 g/mol. The molecule has 0 amide bonds. The molecule has 0 aliphatic heterocycles. The Morgan fingerprint density at radius 1 is 1.19 bits per heavy atom. The summed E-state index contributed by atoms with van der Waals surface area (Å²) in [5, 5.41) is 13.5. The molecule has 5 nitrogen and oxygen atoms in total. The van der Waals surface area contributed by atoms with Gasteiger partial charge < -0.3 is 19.9 Å². The van der Waals surface area contributed by atoms with Crippen LogP contribution in [0, 0.1) is 0 Å². The van der Waals surface area contributed by atoms with Gasteiger partial charge in [0.1, 0.15) is 6.61 Å². The normalized spacial score (nSPS) is 12.0. The summed E-state index contributed by atoms with van der Waals surface area (Å²) in [6, 6.07) is 13.9. The number of nitrogens with one attached hydrogen (secondary N) is 1. The Bertz CT molecular complexity index is 901. The summed E-state index contributed by atoms with van der Waals surface area (Å²) in [6.45, 7) is 2.29. The Morgan fingerprint density at radius 2 is 2.04 bits per heavy atom. The number of methoxy groups -OCH3 is 1. The zero-order valence-corrected chi connectivity index (χ0v) is 16.3. The van der Waals surface area contributed by atoms with Gasteiger partial charge in [0, 0.05) is 27.8 Å². The predicted molar refractivity (Wildman–Crippen MR) is 107 cm³/mol. The number of rotatable bonds is 7. The van der Waals surface area contributed by atoms with Gasteiger partial charge >= 0.3 is 0 Å². The molecule has 3 aromatic rings. The van der Waals surface area contributed by atoms with Crippen molar-refractivity contribution in [2.24, 2.45) is 0 Å². The number of aliphatic hydroxyl groups excluding tert-OH is 1. The lowest BCUT2D eigenvalue weighted by atomic mass is 10.1. The van der Waals surface area contributed by atoms with Crippen LogP contribution in [0.1, 0.15) is 18.5 Å². The summed E-state index contributed by atoms with van der Waals surface area (Å²) < 4.78 is 11.9. The van der Waals surface area contributed by atoms with E-state index in [-0.39, 0.29) is 19.3 Å². The second-order valence-corrected chi connectivity index (χ2v) is 6.70. The highest BCUT2D eigenvalue weighted by Gasteiger charge is 2.12. The number of aliphatic hydroxyl groups is 1. The minimum Gasteiger partial charge on any atom is -0.493 e. The zero-order chi connectivity index (χ0) is 18.5. The summed E-state index contributed by atoms with van der Waals surface area (Å²) in [5.74, 6) is 1.27. The maximum absolute atomic E-state index is 8.92. The van der Waals surface area contributed by atoms with Gasteiger partial charge in [0.15, 0.2) is 11.5 Å². The third-order valence-electron chi connectivity index (χ3n) is 4.13. The number of halogens is 1. The maximum Gasteiger partial charge on any atom is 0.161 e. The molecule has 2 aromatic carbocycles. The molecule has 26 heavy (non-hydrogen) atoms. The van der Waals surface area contributed by atoms with E-state index in [1.807, 2.05) is 36.4 Å². The van der Waals surface area contributed by atoms with Crippen molar-refractivity contribution in [2.45, 2.75) is 13.0 Å². The molecule has 1 aromatic heterocycles. The van der Waals surface area contributed by atoms with Gasteiger partial charge in [-0.25, -0.2) is 0 Å². The van der Waals surface area contributed by atoms with Crippen molar-refractivity contribution in [3.8, 4) is 11.5 Å². The number of aromatic nitrogens is 1. The summed E-state index contributed by atoms with van der Waals surface area (Å²) >= 11 is 3.55. The van der Waals surface area contributed by atoms with Crippen LogP contribution in [0.2, 0.25) is 0 Å². The molecule has 0 bridgehead atoms. The van der Waals surface area contributed by atoms with Crippen molar-refractivity contribution in [1.29, 1.82) is 0 Å². The highest BCUT2D eigenvalue weighted by Crippen LogP contribution is 2.33. The molecule has 0 aliphatic carbocycles. The maximum atomic E-state index is 8.92. The highest BCUT2D eigenvalue weighted by molar-refractivity contribution is 9.10. The summed E-state index contributed by atoms with van der Waals surface area (Å²) in [5.41, 5.74) is 3.01. The lowest BCUT2D eigenvalue weighted by molar-refractivity contribution is 0.196. The van der Waals surface area contributed by atoms with Crippen molar-refractivity contribution < 1.29 is 14.6 Å². The fourth-order valence-electron chi connectivity index (χ4n) is 2.81. The molecule has 1 heterocycles. The Labute approximate surface area is 161 Å². The molecule has 0 spiro atoms.